The van der Waals surface area contributed by atoms with Gasteiger partial charge in [0.05, 0.1) is 12.6 Å². The molecule has 0 radical (unpaired) electrons. The maximum atomic E-state index is 12.6. The van der Waals surface area contributed by atoms with Gasteiger partial charge in [-0.3, -0.25) is 4.79 Å². The zero-order valence-electron chi connectivity index (χ0n) is 18.6. The lowest BCUT2D eigenvalue weighted by Gasteiger charge is -2.29. The summed E-state index contributed by atoms with van der Waals surface area (Å²) in [6.45, 7) is 3.59. The summed E-state index contributed by atoms with van der Waals surface area (Å²) in [7, 11) is 2.20. The number of carbonyl (C=O) groups is 1. The third-order valence-electron chi connectivity index (χ3n) is 6.78. The summed E-state index contributed by atoms with van der Waals surface area (Å²) in [6.07, 6.45) is 5.43. The van der Waals surface area contributed by atoms with E-state index in [-0.39, 0.29) is 11.8 Å². The van der Waals surface area contributed by atoms with E-state index in [1.807, 2.05) is 24.3 Å². The monoisotopic (exact) mass is 421 g/mol. The van der Waals surface area contributed by atoms with E-state index >= 15 is 0 Å². The molecular weight excluding hydrogens is 386 g/mol. The fraction of sp³-hybridized carbons (Fsp3) is 0.500. The number of ether oxygens (including phenoxy) is 1. The van der Waals surface area contributed by atoms with Crippen molar-refractivity contribution in [1.82, 2.24) is 10.2 Å². The van der Waals surface area contributed by atoms with Crippen LogP contribution in [0, 0.1) is 11.8 Å². The summed E-state index contributed by atoms with van der Waals surface area (Å²) in [4.78, 5) is 15.1. The SMILES string of the molecule is CN1CCCC(CCOc2cccc(CNC(=O)[C@@H](N)C3Cc4ccccc4C3)c2)C1. The lowest BCUT2D eigenvalue weighted by molar-refractivity contribution is -0.123. The Morgan fingerprint density at radius 3 is 2.71 bits per heavy atom. The van der Waals surface area contributed by atoms with Gasteiger partial charge in [-0.05, 0) is 86.4 Å². The third kappa shape index (κ3) is 5.86. The third-order valence-corrected chi connectivity index (χ3v) is 6.78. The first-order valence-corrected chi connectivity index (χ1v) is 11.6. The highest BCUT2D eigenvalue weighted by atomic mass is 16.5. The molecule has 2 atom stereocenters. The summed E-state index contributed by atoms with van der Waals surface area (Å²) in [5.41, 5.74) is 9.97. The Kier molecular flexibility index (Phi) is 7.25. The number of rotatable bonds is 8. The van der Waals surface area contributed by atoms with E-state index < -0.39 is 6.04 Å². The Balaban J connectivity index is 1.22. The van der Waals surface area contributed by atoms with Crippen molar-refractivity contribution in [3.8, 4) is 5.75 Å². The number of amides is 1. The Morgan fingerprint density at radius 2 is 1.97 bits per heavy atom. The molecule has 2 aromatic rings. The van der Waals surface area contributed by atoms with Gasteiger partial charge in [0, 0.05) is 13.1 Å². The Bertz CT molecular complexity index is 859. The fourth-order valence-electron chi connectivity index (χ4n) is 4.97. The molecule has 0 spiro atoms. The molecule has 0 saturated carbocycles. The molecule has 1 aliphatic carbocycles. The molecule has 1 unspecified atom stereocenters. The molecule has 1 fully saturated rings. The van der Waals surface area contributed by atoms with Crippen LogP contribution in [0.5, 0.6) is 5.75 Å². The quantitative estimate of drug-likeness (QED) is 0.687. The van der Waals surface area contributed by atoms with Crippen molar-refractivity contribution in [3.63, 3.8) is 0 Å². The predicted octanol–water partition coefficient (Wildman–Crippen LogP) is 3.16. The largest absolute Gasteiger partial charge is 0.494 e. The summed E-state index contributed by atoms with van der Waals surface area (Å²) in [5, 5.41) is 3.02. The topological polar surface area (TPSA) is 67.6 Å². The minimum atomic E-state index is -0.486. The number of benzene rings is 2. The maximum absolute atomic E-state index is 12.6. The summed E-state index contributed by atoms with van der Waals surface area (Å²) in [6, 6.07) is 15.9. The van der Waals surface area contributed by atoms with Crippen LogP contribution in [0.15, 0.2) is 48.5 Å². The molecule has 1 saturated heterocycles. The van der Waals surface area contributed by atoms with Crippen LogP contribution in [0.25, 0.3) is 0 Å². The first kappa shape index (κ1) is 21.8. The molecule has 166 valence electrons. The van der Waals surface area contributed by atoms with Crippen LogP contribution in [0.2, 0.25) is 0 Å². The minimum absolute atomic E-state index is 0.0782. The number of nitrogens with two attached hydrogens (primary N) is 1. The van der Waals surface area contributed by atoms with Gasteiger partial charge in [-0.2, -0.15) is 0 Å². The number of carbonyl (C=O) groups excluding carboxylic acids is 1. The van der Waals surface area contributed by atoms with E-state index in [0.29, 0.717) is 6.54 Å². The average Bonchev–Trinajstić information content (AvgIpc) is 3.22. The number of nitrogens with one attached hydrogen (secondary N) is 1. The summed E-state index contributed by atoms with van der Waals surface area (Å²) in [5.74, 6) is 1.69. The highest BCUT2D eigenvalue weighted by molar-refractivity contribution is 5.82. The lowest BCUT2D eigenvalue weighted by atomic mass is 9.96. The van der Waals surface area contributed by atoms with Crippen molar-refractivity contribution in [2.75, 3.05) is 26.7 Å². The second-order valence-corrected chi connectivity index (χ2v) is 9.24. The summed E-state index contributed by atoms with van der Waals surface area (Å²) < 4.78 is 6.00. The van der Waals surface area contributed by atoms with Crippen LogP contribution >= 0.6 is 0 Å². The predicted molar refractivity (Wildman–Crippen MR) is 124 cm³/mol. The van der Waals surface area contributed by atoms with Gasteiger partial charge < -0.3 is 20.7 Å². The zero-order valence-corrected chi connectivity index (χ0v) is 18.6. The second-order valence-electron chi connectivity index (χ2n) is 9.24. The maximum Gasteiger partial charge on any atom is 0.237 e. The molecular formula is C26H35N3O2. The highest BCUT2D eigenvalue weighted by Gasteiger charge is 2.30. The first-order chi connectivity index (χ1) is 15.1. The number of piperidine rings is 1. The fourth-order valence-corrected chi connectivity index (χ4v) is 4.97. The van der Waals surface area contributed by atoms with E-state index in [4.69, 9.17) is 10.5 Å². The molecule has 2 aromatic carbocycles. The van der Waals surface area contributed by atoms with E-state index in [0.717, 1.165) is 43.1 Å². The lowest BCUT2D eigenvalue weighted by Crippen LogP contribution is -2.45. The number of hydrogen-bond acceptors (Lipinski definition) is 4. The highest BCUT2D eigenvalue weighted by Crippen LogP contribution is 2.28. The number of fused-ring (bicyclic) bond motifs is 1. The molecule has 3 N–H and O–H groups in total. The Morgan fingerprint density at radius 1 is 1.19 bits per heavy atom. The van der Waals surface area contributed by atoms with Crippen molar-refractivity contribution in [2.24, 2.45) is 17.6 Å². The van der Waals surface area contributed by atoms with Crippen molar-refractivity contribution in [3.05, 3.63) is 65.2 Å². The van der Waals surface area contributed by atoms with Crippen LogP contribution < -0.4 is 15.8 Å². The van der Waals surface area contributed by atoms with Crippen LogP contribution in [0.3, 0.4) is 0 Å². The van der Waals surface area contributed by atoms with Gasteiger partial charge in [-0.25, -0.2) is 0 Å². The van der Waals surface area contributed by atoms with Crippen LogP contribution in [-0.2, 0) is 24.2 Å². The van der Waals surface area contributed by atoms with Gasteiger partial charge >= 0.3 is 0 Å². The summed E-state index contributed by atoms with van der Waals surface area (Å²) >= 11 is 0. The molecule has 4 rings (SSSR count). The van der Waals surface area contributed by atoms with Crippen molar-refractivity contribution in [2.45, 2.75) is 44.7 Å². The van der Waals surface area contributed by atoms with E-state index in [9.17, 15) is 4.79 Å². The Labute approximate surface area is 186 Å². The average molecular weight is 422 g/mol. The minimum Gasteiger partial charge on any atom is -0.494 e. The van der Waals surface area contributed by atoms with Gasteiger partial charge in [0.1, 0.15) is 5.75 Å². The van der Waals surface area contributed by atoms with E-state index in [2.05, 4.69) is 41.5 Å². The van der Waals surface area contributed by atoms with Crippen molar-refractivity contribution >= 4 is 5.91 Å². The van der Waals surface area contributed by atoms with E-state index in [1.165, 1.54) is 37.1 Å². The van der Waals surface area contributed by atoms with Crippen LogP contribution in [0.1, 0.15) is 36.0 Å². The Hall–Kier alpha value is -2.37. The number of hydrogen-bond donors (Lipinski definition) is 2. The molecule has 5 heteroatoms. The van der Waals surface area contributed by atoms with Gasteiger partial charge in [0.25, 0.3) is 0 Å². The molecule has 1 heterocycles. The van der Waals surface area contributed by atoms with Crippen LogP contribution in [-0.4, -0.2) is 43.6 Å². The first-order valence-electron chi connectivity index (χ1n) is 11.6. The molecule has 2 aliphatic rings. The standard InChI is InChI=1S/C26H35N3O2/c1-29-12-5-7-19(18-29)11-13-31-24-10-4-6-20(14-24)17-28-26(30)25(27)23-15-21-8-2-3-9-22(21)16-23/h2-4,6,8-10,14,19,23,25H,5,7,11-13,15-18,27H2,1H3,(H,28,30)/t19?,25-/m0/s1. The molecule has 5 nitrogen and oxygen atoms in total. The van der Waals surface area contributed by atoms with Gasteiger partial charge in [0.2, 0.25) is 5.91 Å². The number of likely N-dealkylation sites (tertiary alicyclic amines) is 1. The zero-order chi connectivity index (χ0) is 21.6. The van der Waals surface area contributed by atoms with Gasteiger partial charge in [-0.1, -0.05) is 36.4 Å². The van der Waals surface area contributed by atoms with Gasteiger partial charge in [0.15, 0.2) is 0 Å². The van der Waals surface area contributed by atoms with E-state index in [1.54, 1.807) is 0 Å². The molecule has 1 amide bonds. The number of nitrogens with zero attached hydrogens (tertiary/aromatic N) is 1. The van der Waals surface area contributed by atoms with Crippen molar-refractivity contribution in [1.29, 1.82) is 0 Å². The van der Waals surface area contributed by atoms with Gasteiger partial charge in [-0.15, -0.1) is 0 Å². The van der Waals surface area contributed by atoms with Crippen molar-refractivity contribution < 1.29 is 9.53 Å². The van der Waals surface area contributed by atoms with Crippen LogP contribution in [0.4, 0.5) is 0 Å². The smallest absolute Gasteiger partial charge is 0.237 e. The molecule has 0 bridgehead atoms. The molecule has 31 heavy (non-hydrogen) atoms. The molecule has 0 aromatic heterocycles. The normalized spacial score (nSPS) is 20.3. The molecule has 1 aliphatic heterocycles. The second kappa shape index (κ2) is 10.3.